The molecule has 2 aliphatic heterocycles. The second-order valence-corrected chi connectivity index (χ2v) is 7.42. The van der Waals surface area contributed by atoms with E-state index in [-0.39, 0.29) is 17.7 Å². The Morgan fingerprint density at radius 1 is 1.46 bits per heavy atom. The van der Waals surface area contributed by atoms with Crippen LogP contribution in [0.25, 0.3) is 0 Å². The predicted molar refractivity (Wildman–Crippen MR) is 90.8 cm³/mol. The number of hydrogen-bond donors (Lipinski definition) is 1. The van der Waals surface area contributed by atoms with Gasteiger partial charge in [0, 0.05) is 19.0 Å². The van der Waals surface area contributed by atoms with E-state index in [1.165, 1.54) is 0 Å². The van der Waals surface area contributed by atoms with Gasteiger partial charge in [0.05, 0.1) is 24.8 Å². The summed E-state index contributed by atoms with van der Waals surface area (Å²) in [5, 5.41) is 7.74. The first-order valence-corrected chi connectivity index (χ1v) is 9.06. The molecule has 2 aliphatic rings. The largest absolute Gasteiger partial charge is 0.372 e. The van der Waals surface area contributed by atoms with Crippen LogP contribution in [0.15, 0.2) is 0 Å². The molecule has 1 saturated heterocycles. The van der Waals surface area contributed by atoms with Crippen LogP contribution in [0.3, 0.4) is 0 Å². The van der Waals surface area contributed by atoms with E-state index in [2.05, 4.69) is 43.1 Å². The molecule has 7 heteroatoms. The second-order valence-electron chi connectivity index (χ2n) is 7.42. The van der Waals surface area contributed by atoms with Crippen LogP contribution in [0.2, 0.25) is 0 Å². The topological polar surface area (TPSA) is 72.3 Å². The molecule has 0 bridgehead atoms. The summed E-state index contributed by atoms with van der Waals surface area (Å²) in [4.78, 5) is 19.3. The quantitative estimate of drug-likeness (QED) is 0.921. The van der Waals surface area contributed by atoms with E-state index < -0.39 is 0 Å². The Hall–Kier alpha value is -1.63. The fourth-order valence-corrected chi connectivity index (χ4v) is 3.31. The van der Waals surface area contributed by atoms with Crippen LogP contribution in [0.4, 0.5) is 4.79 Å². The lowest BCUT2D eigenvalue weighted by Gasteiger charge is -2.40. The van der Waals surface area contributed by atoms with Gasteiger partial charge in [-0.05, 0) is 26.2 Å². The second kappa shape index (κ2) is 6.70. The zero-order valence-electron chi connectivity index (χ0n) is 15.2. The number of carbonyl (C=O) groups is 1. The predicted octanol–water partition coefficient (Wildman–Crippen LogP) is 2.45. The van der Waals surface area contributed by atoms with Crippen molar-refractivity contribution in [2.45, 2.75) is 71.1 Å². The van der Waals surface area contributed by atoms with E-state index in [1.807, 2.05) is 9.58 Å². The lowest BCUT2D eigenvalue weighted by atomic mass is 10.0. The Morgan fingerprint density at radius 3 is 2.96 bits per heavy atom. The first-order valence-electron chi connectivity index (χ1n) is 9.06. The number of aromatic nitrogens is 3. The van der Waals surface area contributed by atoms with Crippen LogP contribution in [-0.2, 0) is 11.3 Å². The number of nitrogens with one attached hydrogen (secondary N) is 1. The summed E-state index contributed by atoms with van der Waals surface area (Å²) < 4.78 is 7.78. The van der Waals surface area contributed by atoms with Crippen LogP contribution in [0, 0.1) is 0 Å². The Bertz CT molecular complexity index is 600. The molecule has 0 aliphatic carbocycles. The van der Waals surface area contributed by atoms with Gasteiger partial charge in [-0.25, -0.2) is 14.5 Å². The molecular weight excluding hydrogens is 306 g/mol. The third-order valence-corrected chi connectivity index (χ3v) is 5.08. The summed E-state index contributed by atoms with van der Waals surface area (Å²) in [5.41, 5.74) is -0.243. The van der Waals surface area contributed by atoms with Crippen LogP contribution >= 0.6 is 0 Å². The molecule has 24 heavy (non-hydrogen) atoms. The van der Waals surface area contributed by atoms with Crippen molar-refractivity contribution in [2.75, 3.05) is 19.7 Å². The minimum atomic E-state index is -0.243. The standard InChI is InChI=1S/C17H29N5O2/c1-5-17(4)11-21(9-10-24-17)16(23)18-13-7-6-8-22-15(13)19-14(20-22)12(2)3/h12-13H,5-11H2,1-4H3,(H,18,23)/t13-,17-/m1/s1. The van der Waals surface area contributed by atoms with Crippen molar-refractivity contribution >= 4 is 6.03 Å². The smallest absolute Gasteiger partial charge is 0.318 e. The molecule has 2 amide bonds. The van der Waals surface area contributed by atoms with Crippen molar-refractivity contribution < 1.29 is 9.53 Å². The molecule has 0 spiro atoms. The van der Waals surface area contributed by atoms with Gasteiger partial charge in [-0.2, -0.15) is 5.10 Å². The number of aryl methyl sites for hydroxylation is 1. The first kappa shape index (κ1) is 17.2. The lowest BCUT2D eigenvalue weighted by molar-refractivity contribution is -0.0875. The number of urea groups is 1. The number of nitrogens with zero attached hydrogens (tertiary/aromatic N) is 4. The van der Waals surface area contributed by atoms with Gasteiger partial charge in [-0.3, -0.25) is 0 Å². The SMILES string of the molecule is CC[C@]1(C)CN(C(=O)N[C@@H]2CCCn3nc(C(C)C)nc32)CCO1. The van der Waals surface area contributed by atoms with Crippen LogP contribution < -0.4 is 5.32 Å². The highest BCUT2D eigenvalue weighted by Gasteiger charge is 2.34. The Morgan fingerprint density at radius 2 is 2.25 bits per heavy atom. The van der Waals surface area contributed by atoms with Crippen LogP contribution in [0.1, 0.15) is 70.6 Å². The maximum Gasteiger partial charge on any atom is 0.318 e. The van der Waals surface area contributed by atoms with Gasteiger partial charge in [0.15, 0.2) is 5.82 Å². The summed E-state index contributed by atoms with van der Waals surface area (Å²) in [7, 11) is 0. The van der Waals surface area contributed by atoms with Crippen LogP contribution in [0.5, 0.6) is 0 Å². The lowest BCUT2D eigenvalue weighted by Crippen LogP contribution is -2.55. The number of rotatable bonds is 3. The molecule has 0 aromatic carbocycles. The van der Waals surface area contributed by atoms with E-state index in [0.29, 0.717) is 25.6 Å². The van der Waals surface area contributed by atoms with Gasteiger partial charge in [-0.15, -0.1) is 0 Å². The average Bonchev–Trinajstić information content (AvgIpc) is 3.00. The van der Waals surface area contributed by atoms with Crippen molar-refractivity contribution in [2.24, 2.45) is 0 Å². The molecule has 1 aromatic heterocycles. The zero-order chi connectivity index (χ0) is 17.3. The monoisotopic (exact) mass is 335 g/mol. The molecule has 0 radical (unpaired) electrons. The molecule has 1 fully saturated rings. The van der Waals surface area contributed by atoms with Gasteiger partial charge >= 0.3 is 6.03 Å². The molecule has 1 aromatic rings. The van der Waals surface area contributed by atoms with Crippen LogP contribution in [-0.4, -0.2) is 51.0 Å². The van der Waals surface area contributed by atoms with E-state index >= 15 is 0 Å². The molecule has 1 N–H and O–H groups in total. The fourth-order valence-electron chi connectivity index (χ4n) is 3.31. The van der Waals surface area contributed by atoms with E-state index in [9.17, 15) is 4.79 Å². The van der Waals surface area contributed by atoms with Crippen molar-refractivity contribution in [3.63, 3.8) is 0 Å². The average molecular weight is 335 g/mol. The van der Waals surface area contributed by atoms with Crippen molar-refractivity contribution in [3.05, 3.63) is 11.6 Å². The van der Waals surface area contributed by atoms with Gasteiger partial charge in [0.2, 0.25) is 0 Å². The number of carbonyl (C=O) groups excluding carboxylic acids is 1. The molecule has 7 nitrogen and oxygen atoms in total. The highest BCUT2D eigenvalue weighted by atomic mass is 16.5. The molecule has 2 atom stereocenters. The van der Waals surface area contributed by atoms with Gasteiger partial charge in [0.1, 0.15) is 5.82 Å². The normalized spacial score (nSPS) is 27.2. The third-order valence-electron chi connectivity index (χ3n) is 5.08. The Kier molecular flexibility index (Phi) is 4.80. The zero-order valence-corrected chi connectivity index (χ0v) is 15.2. The van der Waals surface area contributed by atoms with E-state index in [0.717, 1.165) is 37.5 Å². The highest BCUT2D eigenvalue weighted by Crippen LogP contribution is 2.26. The molecule has 3 rings (SSSR count). The molecular formula is C17H29N5O2. The Balaban J connectivity index is 1.69. The van der Waals surface area contributed by atoms with Gasteiger partial charge < -0.3 is 15.0 Å². The van der Waals surface area contributed by atoms with Crippen molar-refractivity contribution in [1.29, 1.82) is 0 Å². The van der Waals surface area contributed by atoms with E-state index in [1.54, 1.807) is 0 Å². The minimum Gasteiger partial charge on any atom is -0.372 e. The maximum absolute atomic E-state index is 12.7. The van der Waals surface area contributed by atoms with E-state index in [4.69, 9.17) is 4.74 Å². The van der Waals surface area contributed by atoms with Crippen molar-refractivity contribution in [1.82, 2.24) is 25.0 Å². The summed E-state index contributed by atoms with van der Waals surface area (Å²) >= 11 is 0. The summed E-state index contributed by atoms with van der Waals surface area (Å²) in [6, 6.07) is -0.0764. The third kappa shape index (κ3) is 3.41. The number of hydrogen-bond acceptors (Lipinski definition) is 4. The summed E-state index contributed by atoms with van der Waals surface area (Å²) in [5.74, 6) is 2.05. The number of fused-ring (bicyclic) bond motifs is 1. The molecule has 3 heterocycles. The maximum atomic E-state index is 12.7. The molecule has 0 unspecified atom stereocenters. The highest BCUT2D eigenvalue weighted by molar-refractivity contribution is 5.74. The first-order chi connectivity index (χ1) is 11.4. The molecule has 134 valence electrons. The summed E-state index contributed by atoms with van der Waals surface area (Å²) in [6.07, 6.45) is 2.82. The minimum absolute atomic E-state index is 0.0227. The summed E-state index contributed by atoms with van der Waals surface area (Å²) in [6.45, 7) is 11.1. The van der Waals surface area contributed by atoms with Crippen molar-refractivity contribution in [3.8, 4) is 0 Å². The van der Waals surface area contributed by atoms with Gasteiger partial charge in [0.25, 0.3) is 0 Å². The number of amides is 2. The Labute approximate surface area is 143 Å². The van der Waals surface area contributed by atoms with Gasteiger partial charge in [-0.1, -0.05) is 20.8 Å². The molecule has 0 saturated carbocycles. The number of morpholine rings is 1. The number of ether oxygens (including phenoxy) is 1. The fraction of sp³-hybridized carbons (Fsp3) is 0.824.